The van der Waals surface area contributed by atoms with Crippen LogP contribution in [0, 0.1) is 25.5 Å². The standard InChI is InChI=1S/C16H14F2N2/c1-9-5-14-15(6-10(9)2)20-16(19-14)7-11-3-4-12(17)8-13(11)18/h3-6,8H,7H2,1-2H3,(H,19,20). The smallest absolute Gasteiger partial charge is 0.129 e. The quantitative estimate of drug-likeness (QED) is 0.749. The minimum atomic E-state index is -0.567. The summed E-state index contributed by atoms with van der Waals surface area (Å²) >= 11 is 0. The van der Waals surface area contributed by atoms with Gasteiger partial charge < -0.3 is 4.98 Å². The van der Waals surface area contributed by atoms with E-state index < -0.39 is 11.6 Å². The van der Waals surface area contributed by atoms with Crippen LogP contribution in [0.15, 0.2) is 30.3 Å². The van der Waals surface area contributed by atoms with E-state index in [2.05, 4.69) is 9.97 Å². The van der Waals surface area contributed by atoms with Crippen LogP contribution in [0.3, 0.4) is 0 Å². The number of fused-ring (bicyclic) bond motifs is 1. The molecular formula is C16H14F2N2. The fraction of sp³-hybridized carbons (Fsp3) is 0.188. The van der Waals surface area contributed by atoms with Crippen LogP contribution >= 0.6 is 0 Å². The number of halogens is 2. The molecule has 2 aromatic carbocycles. The predicted octanol–water partition coefficient (Wildman–Crippen LogP) is 4.05. The first-order chi connectivity index (χ1) is 9.52. The van der Waals surface area contributed by atoms with Gasteiger partial charge in [-0.25, -0.2) is 13.8 Å². The van der Waals surface area contributed by atoms with Crippen molar-refractivity contribution in [3.8, 4) is 0 Å². The number of nitrogens with one attached hydrogen (secondary N) is 1. The SMILES string of the molecule is Cc1cc2nc(Cc3ccc(F)cc3F)[nH]c2cc1C. The molecule has 0 aliphatic rings. The molecule has 0 saturated carbocycles. The molecule has 0 radical (unpaired) electrons. The molecule has 0 saturated heterocycles. The fourth-order valence-corrected chi connectivity index (χ4v) is 2.25. The minimum absolute atomic E-state index is 0.318. The second kappa shape index (κ2) is 4.71. The van der Waals surface area contributed by atoms with E-state index in [0.29, 0.717) is 17.8 Å². The Balaban J connectivity index is 1.98. The van der Waals surface area contributed by atoms with Crippen LogP contribution in [-0.2, 0) is 6.42 Å². The molecule has 0 aliphatic heterocycles. The molecule has 1 N–H and O–H groups in total. The zero-order chi connectivity index (χ0) is 14.3. The molecule has 0 atom stereocenters. The number of hydrogen-bond acceptors (Lipinski definition) is 1. The van der Waals surface area contributed by atoms with Crippen LogP contribution < -0.4 is 0 Å². The highest BCUT2D eigenvalue weighted by atomic mass is 19.1. The van der Waals surface area contributed by atoms with Gasteiger partial charge in [-0.05, 0) is 48.7 Å². The van der Waals surface area contributed by atoms with Gasteiger partial charge in [-0.15, -0.1) is 0 Å². The summed E-state index contributed by atoms with van der Waals surface area (Å²) in [4.78, 5) is 7.64. The number of aromatic nitrogens is 2. The second-order valence-corrected chi connectivity index (χ2v) is 5.05. The van der Waals surface area contributed by atoms with E-state index in [-0.39, 0.29) is 0 Å². The van der Waals surface area contributed by atoms with Crippen molar-refractivity contribution >= 4 is 11.0 Å². The van der Waals surface area contributed by atoms with Gasteiger partial charge >= 0.3 is 0 Å². The Labute approximate surface area is 115 Å². The van der Waals surface area contributed by atoms with Crippen molar-refractivity contribution in [3.05, 3.63) is 64.5 Å². The van der Waals surface area contributed by atoms with Crippen molar-refractivity contribution in [2.75, 3.05) is 0 Å². The molecule has 0 bridgehead atoms. The van der Waals surface area contributed by atoms with Gasteiger partial charge in [-0.1, -0.05) is 6.07 Å². The zero-order valence-electron chi connectivity index (χ0n) is 11.3. The first-order valence-corrected chi connectivity index (χ1v) is 6.43. The largest absolute Gasteiger partial charge is 0.342 e. The van der Waals surface area contributed by atoms with E-state index in [4.69, 9.17) is 0 Å². The van der Waals surface area contributed by atoms with Gasteiger partial charge in [0.1, 0.15) is 17.5 Å². The van der Waals surface area contributed by atoms with Gasteiger partial charge in [0, 0.05) is 12.5 Å². The van der Waals surface area contributed by atoms with Crippen LogP contribution in [-0.4, -0.2) is 9.97 Å². The van der Waals surface area contributed by atoms with Crippen molar-refractivity contribution < 1.29 is 8.78 Å². The number of aryl methyl sites for hydroxylation is 2. The Morgan fingerprint density at radius 2 is 1.80 bits per heavy atom. The van der Waals surface area contributed by atoms with Crippen molar-refractivity contribution in [1.82, 2.24) is 9.97 Å². The number of imidazole rings is 1. The summed E-state index contributed by atoms with van der Waals surface area (Å²) in [6.45, 7) is 4.07. The summed E-state index contributed by atoms with van der Waals surface area (Å²) in [5, 5.41) is 0. The summed E-state index contributed by atoms with van der Waals surface area (Å²) in [6, 6.07) is 7.64. The van der Waals surface area contributed by atoms with E-state index in [9.17, 15) is 8.78 Å². The van der Waals surface area contributed by atoms with Gasteiger partial charge in [0.15, 0.2) is 0 Å². The average molecular weight is 272 g/mol. The maximum absolute atomic E-state index is 13.6. The Morgan fingerprint density at radius 1 is 1.05 bits per heavy atom. The summed E-state index contributed by atoms with van der Waals surface area (Å²) in [6.07, 6.45) is 0.318. The molecule has 0 spiro atoms. The van der Waals surface area contributed by atoms with E-state index in [1.54, 1.807) is 0 Å². The third-order valence-electron chi connectivity index (χ3n) is 3.52. The molecule has 3 rings (SSSR count). The van der Waals surface area contributed by atoms with Crippen LogP contribution in [0.2, 0.25) is 0 Å². The highest BCUT2D eigenvalue weighted by Crippen LogP contribution is 2.19. The topological polar surface area (TPSA) is 28.7 Å². The normalized spacial score (nSPS) is 11.2. The van der Waals surface area contributed by atoms with E-state index in [1.807, 2.05) is 26.0 Å². The number of nitrogens with zero attached hydrogens (tertiary/aromatic N) is 1. The van der Waals surface area contributed by atoms with Crippen LogP contribution in [0.5, 0.6) is 0 Å². The first-order valence-electron chi connectivity index (χ1n) is 6.43. The molecule has 102 valence electrons. The lowest BCUT2D eigenvalue weighted by molar-refractivity contribution is 0.574. The Hall–Kier alpha value is -2.23. The Kier molecular flexibility index (Phi) is 3.01. The molecule has 0 aliphatic carbocycles. The fourth-order valence-electron chi connectivity index (χ4n) is 2.25. The molecule has 1 aromatic heterocycles. The minimum Gasteiger partial charge on any atom is -0.342 e. The van der Waals surface area contributed by atoms with Crippen molar-refractivity contribution in [2.45, 2.75) is 20.3 Å². The molecule has 0 unspecified atom stereocenters. The molecule has 0 fully saturated rings. The predicted molar refractivity (Wildman–Crippen MR) is 74.7 cm³/mol. The Bertz CT molecular complexity index is 752. The summed E-state index contributed by atoms with van der Waals surface area (Å²) in [5.41, 5.74) is 4.58. The van der Waals surface area contributed by atoms with Gasteiger partial charge in [-0.2, -0.15) is 0 Å². The highest BCUT2D eigenvalue weighted by Gasteiger charge is 2.09. The van der Waals surface area contributed by atoms with Crippen LogP contribution in [0.1, 0.15) is 22.5 Å². The Morgan fingerprint density at radius 3 is 2.55 bits per heavy atom. The highest BCUT2D eigenvalue weighted by molar-refractivity contribution is 5.77. The molecule has 4 heteroatoms. The van der Waals surface area contributed by atoms with E-state index in [1.165, 1.54) is 23.3 Å². The van der Waals surface area contributed by atoms with Gasteiger partial charge in [0.2, 0.25) is 0 Å². The van der Waals surface area contributed by atoms with Crippen LogP contribution in [0.25, 0.3) is 11.0 Å². The van der Waals surface area contributed by atoms with Crippen molar-refractivity contribution in [2.24, 2.45) is 0 Å². The molecule has 0 amide bonds. The summed E-state index contributed by atoms with van der Waals surface area (Å²) < 4.78 is 26.5. The maximum atomic E-state index is 13.6. The average Bonchev–Trinajstić information content (AvgIpc) is 2.75. The lowest BCUT2D eigenvalue weighted by Gasteiger charge is -2.00. The number of hydrogen-bond donors (Lipinski definition) is 1. The third kappa shape index (κ3) is 2.29. The molecule has 1 heterocycles. The lowest BCUT2D eigenvalue weighted by Crippen LogP contribution is -1.95. The van der Waals surface area contributed by atoms with Gasteiger partial charge in [0.25, 0.3) is 0 Å². The molecule has 3 aromatic rings. The lowest BCUT2D eigenvalue weighted by atomic mass is 10.1. The number of rotatable bonds is 2. The molecule has 20 heavy (non-hydrogen) atoms. The molecule has 2 nitrogen and oxygen atoms in total. The molecular weight excluding hydrogens is 258 g/mol. The van der Waals surface area contributed by atoms with Gasteiger partial charge in [-0.3, -0.25) is 0 Å². The van der Waals surface area contributed by atoms with E-state index in [0.717, 1.165) is 17.1 Å². The number of H-pyrrole nitrogens is 1. The number of benzene rings is 2. The third-order valence-corrected chi connectivity index (χ3v) is 3.52. The first kappa shape index (κ1) is 12.8. The zero-order valence-corrected chi connectivity index (χ0v) is 11.3. The summed E-state index contributed by atoms with van der Waals surface area (Å²) in [5.74, 6) is -0.435. The number of aromatic amines is 1. The second-order valence-electron chi connectivity index (χ2n) is 5.05. The monoisotopic (exact) mass is 272 g/mol. The van der Waals surface area contributed by atoms with Crippen molar-refractivity contribution in [3.63, 3.8) is 0 Å². The van der Waals surface area contributed by atoms with Crippen LogP contribution in [0.4, 0.5) is 8.78 Å². The van der Waals surface area contributed by atoms with Crippen molar-refractivity contribution in [1.29, 1.82) is 0 Å². The maximum Gasteiger partial charge on any atom is 0.129 e. The van der Waals surface area contributed by atoms with E-state index >= 15 is 0 Å². The van der Waals surface area contributed by atoms with Gasteiger partial charge in [0.05, 0.1) is 11.0 Å². The summed E-state index contributed by atoms with van der Waals surface area (Å²) in [7, 11) is 0.